The van der Waals surface area contributed by atoms with Gasteiger partial charge in [-0.15, -0.1) is 0 Å². The molecule has 0 radical (unpaired) electrons. The molecule has 108 valence electrons. The summed E-state index contributed by atoms with van der Waals surface area (Å²) in [6.45, 7) is 8.96. The third kappa shape index (κ3) is 5.09. The van der Waals surface area contributed by atoms with Crippen molar-refractivity contribution in [2.75, 3.05) is 19.8 Å². The molecule has 1 rings (SSSR count). The molecule has 0 amide bonds. The molecular weight excluding hydrogens is 242 g/mol. The van der Waals surface area contributed by atoms with Crippen LogP contribution in [0.15, 0.2) is 24.3 Å². The van der Waals surface area contributed by atoms with Gasteiger partial charge in [-0.2, -0.15) is 0 Å². The molecule has 1 atom stereocenters. The minimum atomic E-state index is -0.465. The molecule has 19 heavy (non-hydrogen) atoms. The summed E-state index contributed by atoms with van der Waals surface area (Å²) >= 11 is 0. The highest BCUT2D eigenvalue weighted by atomic mass is 16.5. The van der Waals surface area contributed by atoms with Crippen LogP contribution in [0.1, 0.15) is 27.7 Å². The van der Waals surface area contributed by atoms with Crippen molar-refractivity contribution in [2.24, 2.45) is 0 Å². The summed E-state index contributed by atoms with van der Waals surface area (Å²) in [4.78, 5) is 0. The molecule has 2 N–H and O–H groups in total. The molecule has 0 saturated carbocycles. The van der Waals surface area contributed by atoms with Gasteiger partial charge in [0.1, 0.15) is 6.61 Å². The first-order valence-corrected chi connectivity index (χ1v) is 6.74. The number of hydrogen-bond acceptors (Lipinski definition) is 4. The van der Waals surface area contributed by atoms with E-state index in [2.05, 4.69) is 5.32 Å². The van der Waals surface area contributed by atoms with Gasteiger partial charge in [-0.3, -0.25) is 0 Å². The van der Waals surface area contributed by atoms with Gasteiger partial charge < -0.3 is 19.9 Å². The van der Waals surface area contributed by atoms with Crippen molar-refractivity contribution < 1.29 is 14.6 Å². The zero-order valence-corrected chi connectivity index (χ0v) is 12.3. The van der Waals surface area contributed by atoms with E-state index in [4.69, 9.17) is 9.47 Å². The smallest absolute Gasteiger partial charge is 0.161 e. The summed E-state index contributed by atoms with van der Waals surface area (Å²) in [5.41, 5.74) is -0.465. The molecule has 0 aliphatic heterocycles. The van der Waals surface area contributed by atoms with Crippen LogP contribution in [0.4, 0.5) is 0 Å². The molecule has 4 nitrogen and oxygen atoms in total. The molecule has 0 fully saturated rings. The first kappa shape index (κ1) is 15.8. The molecule has 0 aromatic heterocycles. The second-order valence-corrected chi connectivity index (χ2v) is 5.19. The van der Waals surface area contributed by atoms with Gasteiger partial charge in [0.25, 0.3) is 0 Å². The van der Waals surface area contributed by atoms with Gasteiger partial charge in [0.2, 0.25) is 0 Å². The van der Waals surface area contributed by atoms with Crippen molar-refractivity contribution in [3.8, 4) is 11.5 Å². The molecule has 0 bridgehead atoms. The van der Waals surface area contributed by atoms with Gasteiger partial charge in [0.05, 0.1) is 18.8 Å². The maximum absolute atomic E-state index is 9.51. The maximum Gasteiger partial charge on any atom is 0.161 e. The predicted octanol–water partition coefficient (Wildman–Crippen LogP) is 2.21. The normalized spacial score (nSPS) is 14.2. The van der Waals surface area contributed by atoms with E-state index >= 15 is 0 Å². The Balaban J connectivity index is 2.69. The summed E-state index contributed by atoms with van der Waals surface area (Å²) in [5.74, 6) is 1.43. The number of rotatable bonds is 8. The van der Waals surface area contributed by atoms with Gasteiger partial charge in [-0.25, -0.2) is 0 Å². The van der Waals surface area contributed by atoms with E-state index in [0.29, 0.717) is 19.0 Å². The Morgan fingerprint density at radius 3 is 2.26 bits per heavy atom. The van der Waals surface area contributed by atoms with E-state index in [1.165, 1.54) is 0 Å². The van der Waals surface area contributed by atoms with Crippen LogP contribution >= 0.6 is 0 Å². The molecule has 0 heterocycles. The number of benzene rings is 1. The van der Waals surface area contributed by atoms with Crippen LogP contribution in [0, 0.1) is 0 Å². The maximum atomic E-state index is 9.51. The highest BCUT2D eigenvalue weighted by Crippen LogP contribution is 2.27. The molecule has 1 aromatic rings. The fourth-order valence-electron chi connectivity index (χ4n) is 1.91. The Morgan fingerprint density at radius 2 is 1.79 bits per heavy atom. The zero-order chi connectivity index (χ0) is 14.3. The van der Waals surface area contributed by atoms with Crippen LogP contribution in [0.2, 0.25) is 0 Å². The average molecular weight is 267 g/mol. The van der Waals surface area contributed by atoms with Crippen LogP contribution in [0.25, 0.3) is 0 Å². The lowest BCUT2D eigenvalue weighted by atomic mass is 10.0. The number of ether oxygens (including phenoxy) is 2. The zero-order valence-electron chi connectivity index (χ0n) is 12.3. The predicted molar refractivity (Wildman–Crippen MR) is 76.9 cm³/mol. The summed E-state index contributed by atoms with van der Waals surface area (Å²) < 4.78 is 11.3. The van der Waals surface area contributed by atoms with Crippen LogP contribution in [-0.4, -0.2) is 36.5 Å². The Kier molecular flexibility index (Phi) is 6.12. The van der Waals surface area contributed by atoms with Gasteiger partial charge in [-0.05, 0) is 26.0 Å². The molecule has 1 aromatic carbocycles. The third-order valence-corrected chi connectivity index (χ3v) is 2.68. The van der Waals surface area contributed by atoms with E-state index < -0.39 is 5.54 Å². The third-order valence-electron chi connectivity index (χ3n) is 2.68. The first-order chi connectivity index (χ1) is 9.00. The summed E-state index contributed by atoms with van der Waals surface area (Å²) in [6, 6.07) is 7.85. The monoisotopic (exact) mass is 267 g/mol. The average Bonchev–Trinajstić information content (AvgIpc) is 2.37. The number of hydrogen-bond donors (Lipinski definition) is 2. The molecule has 0 aliphatic rings. The number of aliphatic hydroxyl groups excluding tert-OH is 1. The van der Waals surface area contributed by atoms with Crippen LogP contribution in [0.3, 0.4) is 0 Å². The van der Waals surface area contributed by atoms with Crippen molar-refractivity contribution in [3.05, 3.63) is 24.3 Å². The highest BCUT2D eigenvalue weighted by Gasteiger charge is 2.25. The van der Waals surface area contributed by atoms with Crippen molar-refractivity contribution in [3.63, 3.8) is 0 Å². The lowest BCUT2D eigenvalue weighted by Crippen LogP contribution is -2.53. The summed E-state index contributed by atoms with van der Waals surface area (Å²) in [7, 11) is 0. The van der Waals surface area contributed by atoms with E-state index in [9.17, 15) is 5.11 Å². The second kappa shape index (κ2) is 7.36. The Bertz CT molecular complexity index is 381. The van der Waals surface area contributed by atoms with Crippen LogP contribution < -0.4 is 14.8 Å². The van der Waals surface area contributed by atoms with E-state index in [0.717, 1.165) is 5.75 Å². The van der Waals surface area contributed by atoms with Crippen molar-refractivity contribution in [1.82, 2.24) is 5.32 Å². The molecule has 4 heteroatoms. The molecule has 1 unspecified atom stereocenters. The van der Waals surface area contributed by atoms with Crippen molar-refractivity contribution >= 4 is 0 Å². The van der Waals surface area contributed by atoms with Crippen molar-refractivity contribution in [1.29, 1.82) is 0 Å². The largest absolute Gasteiger partial charge is 0.490 e. The number of nitrogens with one attached hydrogen (secondary N) is 1. The summed E-state index contributed by atoms with van der Waals surface area (Å²) in [5, 5.41) is 12.8. The fourth-order valence-corrected chi connectivity index (χ4v) is 1.91. The van der Waals surface area contributed by atoms with Gasteiger partial charge >= 0.3 is 0 Å². The standard InChI is InChI=1S/C15H25NO3/c1-5-18-13-8-6-7-9-14(13)19-11-15(4,10-17)16-12(2)3/h6-9,12,16-17H,5,10-11H2,1-4H3. The Morgan fingerprint density at radius 1 is 1.21 bits per heavy atom. The molecule has 0 saturated heterocycles. The van der Waals surface area contributed by atoms with Crippen LogP contribution in [0.5, 0.6) is 11.5 Å². The summed E-state index contributed by atoms with van der Waals surface area (Å²) in [6.07, 6.45) is 0. The van der Waals surface area contributed by atoms with Gasteiger partial charge in [-0.1, -0.05) is 26.0 Å². The fraction of sp³-hybridized carbons (Fsp3) is 0.600. The Labute approximate surface area is 115 Å². The molecular formula is C15H25NO3. The van der Waals surface area contributed by atoms with Crippen molar-refractivity contribution in [2.45, 2.75) is 39.3 Å². The van der Waals surface area contributed by atoms with Gasteiger partial charge in [0.15, 0.2) is 11.5 Å². The lowest BCUT2D eigenvalue weighted by molar-refractivity contribution is 0.106. The topological polar surface area (TPSA) is 50.7 Å². The Hall–Kier alpha value is -1.26. The van der Waals surface area contributed by atoms with Crippen LogP contribution in [-0.2, 0) is 0 Å². The van der Waals surface area contributed by atoms with E-state index in [1.807, 2.05) is 52.0 Å². The highest BCUT2D eigenvalue weighted by molar-refractivity contribution is 5.39. The SMILES string of the molecule is CCOc1ccccc1OCC(C)(CO)NC(C)C. The second-order valence-electron chi connectivity index (χ2n) is 5.19. The minimum Gasteiger partial charge on any atom is -0.490 e. The number of aliphatic hydroxyl groups is 1. The van der Waals surface area contributed by atoms with Gasteiger partial charge in [0, 0.05) is 6.04 Å². The van der Waals surface area contributed by atoms with E-state index in [1.54, 1.807) is 0 Å². The quantitative estimate of drug-likeness (QED) is 0.758. The number of para-hydroxylation sites is 2. The van der Waals surface area contributed by atoms with E-state index in [-0.39, 0.29) is 12.6 Å². The molecule has 0 spiro atoms. The molecule has 0 aliphatic carbocycles. The lowest BCUT2D eigenvalue weighted by Gasteiger charge is -2.31. The minimum absolute atomic E-state index is 0.0159. The first-order valence-electron chi connectivity index (χ1n) is 6.74.